The van der Waals surface area contributed by atoms with Crippen molar-refractivity contribution in [1.29, 1.82) is 0 Å². The van der Waals surface area contributed by atoms with Crippen molar-refractivity contribution in [3.63, 3.8) is 0 Å². The van der Waals surface area contributed by atoms with Crippen LogP contribution in [0.3, 0.4) is 0 Å². The first-order valence-electron chi connectivity index (χ1n) is 15.4. The van der Waals surface area contributed by atoms with Crippen molar-refractivity contribution in [3.8, 4) is 0 Å². The molecule has 2 fully saturated rings. The highest BCUT2D eigenvalue weighted by atomic mass is 32.2. The van der Waals surface area contributed by atoms with E-state index in [4.69, 9.17) is 47.4 Å². The SMILES string of the molecule is CC(=O)OC[C@@H]1O[C@@H](O[C@H]2[C@@H](OC(C)=O)[C@@H](OC(C)=O)[C@@H](Sc3ccccc3)O[C@H]2COC(C)=O)[C@@H](OC(C)=O)[C@@H](OC(C)=O)[C@H]1OC(C)=O. The van der Waals surface area contributed by atoms with Gasteiger partial charge in [0.15, 0.2) is 36.8 Å². The average Bonchev–Trinajstić information content (AvgIpc) is 3.00. The molecule has 2 saturated heterocycles. The summed E-state index contributed by atoms with van der Waals surface area (Å²) in [6.07, 6.45) is -13.4. The quantitative estimate of drug-likeness (QED) is 0.207. The molecule has 50 heavy (non-hydrogen) atoms. The van der Waals surface area contributed by atoms with E-state index in [1.54, 1.807) is 30.3 Å². The number of rotatable bonds is 13. The summed E-state index contributed by atoms with van der Waals surface area (Å²) in [5.74, 6) is -5.63. The Morgan fingerprint density at radius 1 is 0.520 bits per heavy atom. The fourth-order valence-corrected chi connectivity index (χ4v) is 6.33. The molecule has 0 unspecified atom stereocenters. The maximum atomic E-state index is 12.5. The van der Waals surface area contributed by atoms with E-state index in [0.717, 1.165) is 60.2 Å². The molecule has 0 amide bonds. The Bertz CT molecular complexity index is 1390. The average molecular weight is 729 g/mol. The number of hydrogen-bond donors (Lipinski definition) is 0. The molecule has 0 N–H and O–H groups in total. The van der Waals surface area contributed by atoms with Crippen molar-refractivity contribution in [2.45, 2.75) is 114 Å². The molecular formula is C32H40O17S. The largest absolute Gasteiger partial charge is 0.463 e. The molecule has 0 saturated carbocycles. The molecule has 0 aliphatic carbocycles. The number of hydrogen-bond acceptors (Lipinski definition) is 18. The molecule has 17 nitrogen and oxygen atoms in total. The lowest BCUT2D eigenvalue weighted by atomic mass is 9.96. The van der Waals surface area contributed by atoms with E-state index in [2.05, 4.69) is 0 Å². The molecule has 0 aromatic heterocycles. The van der Waals surface area contributed by atoms with Gasteiger partial charge >= 0.3 is 41.8 Å². The van der Waals surface area contributed by atoms with E-state index >= 15 is 0 Å². The highest BCUT2D eigenvalue weighted by Gasteiger charge is 2.57. The van der Waals surface area contributed by atoms with Gasteiger partial charge in [0.1, 0.15) is 37.0 Å². The summed E-state index contributed by atoms with van der Waals surface area (Å²) in [5.41, 5.74) is -1.05. The molecule has 0 bridgehead atoms. The number of carbonyl (C=O) groups excluding carboxylic acids is 7. The molecule has 0 radical (unpaired) electrons. The van der Waals surface area contributed by atoms with E-state index in [0.29, 0.717) is 4.90 Å². The standard InChI is InChI=1S/C32H40O17S/c1-15(33)40-13-23-25(42-17(3)35)27(43-18(4)36)29(45-20(6)38)31(47-23)49-26-24(14-41-16(2)34)48-32(50-22-11-9-8-10-12-22)30(46-21(7)39)28(26)44-19(5)37/h8-12,23-32H,13-14H2,1-7H3/t23-,24-,25-,26+,27-,28+,29-,30+,31-,32+/m0/s1. The first-order valence-corrected chi connectivity index (χ1v) is 16.2. The maximum Gasteiger partial charge on any atom is 0.303 e. The van der Waals surface area contributed by atoms with Crippen LogP contribution in [-0.2, 0) is 80.9 Å². The number of benzene rings is 1. The number of esters is 7. The van der Waals surface area contributed by atoms with Crippen molar-refractivity contribution in [1.82, 2.24) is 0 Å². The highest BCUT2D eigenvalue weighted by molar-refractivity contribution is 7.99. The number of carbonyl (C=O) groups is 7. The molecule has 2 aliphatic rings. The van der Waals surface area contributed by atoms with E-state index in [-0.39, 0.29) is 0 Å². The van der Waals surface area contributed by atoms with Crippen molar-refractivity contribution in [3.05, 3.63) is 30.3 Å². The van der Waals surface area contributed by atoms with Crippen LogP contribution in [0.25, 0.3) is 0 Å². The Kier molecular flexibility index (Phi) is 15.0. The lowest BCUT2D eigenvalue weighted by Crippen LogP contribution is -2.66. The third-order valence-electron chi connectivity index (χ3n) is 6.88. The number of thioether (sulfide) groups is 1. The Balaban J connectivity index is 2.16. The summed E-state index contributed by atoms with van der Waals surface area (Å²) in [6, 6.07) is 8.85. The van der Waals surface area contributed by atoms with Crippen molar-refractivity contribution < 1.29 is 80.9 Å². The van der Waals surface area contributed by atoms with Crippen LogP contribution in [0, 0.1) is 0 Å². The van der Waals surface area contributed by atoms with Gasteiger partial charge in [-0.15, -0.1) is 0 Å². The molecule has 18 heteroatoms. The minimum atomic E-state index is -1.75. The smallest absolute Gasteiger partial charge is 0.303 e. The third kappa shape index (κ3) is 12.0. The summed E-state index contributed by atoms with van der Waals surface area (Å²) in [7, 11) is 0. The highest BCUT2D eigenvalue weighted by Crippen LogP contribution is 2.39. The van der Waals surface area contributed by atoms with Gasteiger partial charge in [0.2, 0.25) is 0 Å². The van der Waals surface area contributed by atoms with Crippen LogP contribution < -0.4 is 0 Å². The van der Waals surface area contributed by atoms with Gasteiger partial charge in [-0.2, -0.15) is 0 Å². The van der Waals surface area contributed by atoms with E-state index in [9.17, 15) is 33.6 Å². The molecule has 10 atom stereocenters. The lowest BCUT2D eigenvalue weighted by Gasteiger charge is -2.48. The van der Waals surface area contributed by atoms with E-state index in [1.807, 2.05) is 0 Å². The van der Waals surface area contributed by atoms with E-state index in [1.165, 1.54) is 0 Å². The van der Waals surface area contributed by atoms with Crippen LogP contribution in [0.5, 0.6) is 0 Å². The Morgan fingerprint density at radius 2 is 0.940 bits per heavy atom. The normalized spacial score (nSPS) is 29.0. The van der Waals surface area contributed by atoms with Crippen LogP contribution in [0.2, 0.25) is 0 Å². The van der Waals surface area contributed by atoms with Gasteiger partial charge in [0.25, 0.3) is 0 Å². The summed E-state index contributed by atoms with van der Waals surface area (Å²) < 4.78 is 56.8. The van der Waals surface area contributed by atoms with Crippen LogP contribution in [0.15, 0.2) is 35.2 Å². The summed E-state index contributed by atoms with van der Waals surface area (Å²) in [6.45, 7) is 6.66. The Hall–Kier alpha value is -4.26. The zero-order chi connectivity index (χ0) is 37.1. The van der Waals surface area contributed by atoms with Gasteiger partial charge in [-0.25, -0.2) is 0 Å². The molecule has 3 rings (SSSR count). The van der Waals surface area contributed by atoms with Crippen molar-refractivity contribution in [2.24, 2.45) is 0 Å². The van der Waals surface area contributed by atoms with Crippen LogP contribution in [0.4, 0.5) is 0 Å². The van der Waals surface area contributed by atoms with Gasteiger partial charge in [-0.05, 0) is 12.1 Å². The van der Waals surface area contributed by atoms with Crippen LogP contribution >= 0.6 is 11.8 Å². The second-order valence-corrected chi connectivity index (χ2v) is 12.3. The summed E-state index contributed by atoms with van der Waals surface area (Å²) >= 11 is 1.12. The van der Waals surface area contributed by atoms with Crippen molar-refractivity contribution >= 4 is 53.5 Å². The fourth-order valence-electron chi connectivity index (χ4n) is 5.20. The van der Waals surface area contributed by atoms with Gasteiger partial charge in [0.05, 0.1) is 0 Å². The zero-order valence-electron chi connectivity index (χ0n) is 28.4. The molecule has 1 aromatic carbocycles. The van der Waals surface area contributed by atoms with Crippen LogP contribution in [-0.4, -0.2) is 116 Å². The molecule has 2 heterocycles. The summed E-state index contributed by atoms with van der Waals surface area (Å²) in [4.78, 5) is 86.2. The topological polar surface area (TPSA) is 212 Å². The Morgan fingerprint density at radius 3 is 1.42 bits per heavy atom. The fraction of sp³-hybridized carbons (Fsp3) is 0.594. The third-order valence-corrected chi connectivity index (χ3v) is 8.04. The first kappa shape index (κ1) is 40.2. The summed E-state index contributed by atoms with van der Waals surface area (Å²) in [5, 5.41) is 0. The van der Waals surface area contributed by atoms with E-state index < -0.39 is 116 Å². The zero-order valence-corrected chi connectivity index (χ0v) is 29.2. The molecule has 276 valence electrons. The predicted octanol–water partition coefficient (Wildman–Crippen LogP) is 1.40. The molecule has 2 aliphatic heterocycles. The first-order chi connectivity index (χ1) is 23.5. The Labute approximate surface area is 291 Å². The van der Waals surface area contributed by atoms with Gasteiger partial charge in [-0.1, -0.05) is 30.0 Å². The second-order valence-electron chi connectivity index (χ2n) is 11.1. The minimum absolute atomic E-state index is 0.471. The number of ether oxygens (including phenoxy) is 10. The maximum absolute atomic E-state index is 12.5. The minimum Gasteiger partial charge on any atom is -0.463 e. The van der Waals surface area contributed by atoms with Crippen molar-refractivity contribution in [2.75, 3.05) is 13.2 Å². The lowest BCUT2D eigenvalue weighted by molar-refractivity contribution is -0.341. The van der Waals surface area contributed by atoms with Gasteiger partial charge in [-0.3, -0.25) is 33.6 Å². The van der Waals surface area contributed by atoms with Gasteiger partial charge in [0, 0.05) is 53.4 Å². The predicted molar refractivity (Wildman–Crippen MR) is 166 cm³/mol. The van der Waals surface area contributed by atoms with Gasteiger partial charge < -0.3 is 47.4 Å². The monoisotopic (exact) mass is 728 g/mol. The molecule has 0 spiro atoms. The van der Waals surface area contributed by atoms with Crippen LogP contribution in [0.1, 0.15) is 48.5 Å². The molecular weight excluding hydrogens is 688 g/mol. The molecule has 1 aromatic rings. The second kappa shape index (κ2) is 18.7.